The minimum absolute atomic E-state index is 0.125. The lowest BCUT2D eigenvalue weighted by atomic mass is 10.4. The number of rotatable bonds is 6. The molecule has 0 heterocycles. The molecule has 104 valence electrons. The van der Waals surface area contributed by atoms with Gasteiger partial charge in [-0.15, -0.1) is 0 Å². The molecule has 18 heavy (non-hydrogen) atoms. The molecule has 6 heteroatoms. The van der Waals surface area contributed by atoms with E-state index in [9.17, 15) is 17.2 Å². The number of halogens is 2. The van der Waals surface area contributed by atoms with Gasteiger partial charge in [-0.05, 0) is 26.8 Å². The zero-order valence-corrected chi connectivity index (χ0v) is 11.9. The zero-order valence-electron chi connectivity index (χ0n) is 11.1. The van der Waals surface area contributed by atoms with Gasteiger partial charge < -0.3 is 0 Å². The Labute approximate surface area is 108 Å². The molecular weight excluding hydrogens is 260 g/mol. The van der Waals surface area contributed by atoms with Gasteiger partial charge in [0.05, 0.1) is 0 Å². The lowest BCUT2D eigenvalue weighted by molar-refractivity contribution is 0.371. The van der Waals surface area contributed by atoms with Gasteiger partial charge in [-0.2, -0.15) is 4.31 Å². The molecule has 0 unspecified atom stereocenters. The third kappa shape index (κ3) is 3.74. The van der Waals surface area contributed by atoms with Crippen LogP contribution in [0, 0.1) is 0 Å². The molecule has 0 aliphatic rings. The maximum Gasteiger partial charge on any atom is 0.249 e. The third-order valence-corrected chi connectivity index (χ3v) is 4.46. The average molecular weight is 279 g/mol. The maximum absolute atomic E-state index is 13.7. The van der Waals surface area contributed by atoms with Crippen molar-refractivity contribution >= 4 is 10.0 Å². The van der Waals surface area contributed by atoms with Crippen LogP contribution < -0.4 is 0 Å². The standard InChI is InChI=1S/C12H19F2NO2S/c1-6-8-11(14)12(10(5)13)18(16,17)15(7-2)9(3)4/h6,8-9H,5,7H2,1-4H3/b8-6-,12-11-. The maximum atomic E-state index is 13.7. The van der Waals surface area contributed by atoms with E-state index in [1.165, 1.54) is 13.0 Å². The fourth-order valence-electron chi connectivity index (χ4n) is 1.54. The Bertz CT molecular complexity index is 464. The Morgan fingerprint density at radius 2 is 1.89 bits per heavy atom. The Morgan fingerprint density at radius 1 is 1.39 bits per heavy atom. The number of nitrogens with zero attached hydrogens (tertiary/aromatic N) is 1. The normalized spacial score (nSPS) is 14.4. The van der Waals surface area contributed by atoms with Crippen LogP contribution in [-0.4, -0.2) is 25.3 Å². The van der Waals surface area contributed by atoms with Crippen LogP contribution in [0.1, 0.15) is 27.7 Å². The van der Waals surface area contributed by atoms with Gasteiger partial charge in [0, 0.05) is 12.6 Å². The van der Waals surface area contributed by atoms with Crippen molar-refractivity contribution < 1.29 is 17.2 Å². The van der Waals surface area contributed by atoms with Gasteiger partial charge in [0.25, 0.3) is 0 Å². The van der Waals surface area contributed by atoms with E-state index in [0.29, 0.717) is 0 Å². The second-order valence-corrected chi connectivity index (χ2v) is 5.71. The summed E-state index contributed by atoms with van der Waals surface area (Å²) in [7, 11) is -4.22. The summed E-state index contributed by atoms with van der Waals surface area (Å²) in [5.74, 6) is -2.45. The van der Waals surface area contributed by atoms with Gasteiger partial charge in [-0.25, -0.2) is 17.2 Å². The first-order chi connectivity index (χ1) is 8.19. The van der Waals surface area contributed by atoms with Crippen LogP contribution in [0.15, 0.2) is 35.3 Å². The van der Waals surface area contributed by atoms with Gasteiger partial charge in [0.1, 0.15) is 11.7 Å². The van der Waals surface area contributed by atoms with E-state index in [4.69, 9.17) is 0 Å². The van der Waals surface area contributed by atoms with Crippen LogP contribution >= 0.6 is 0 Å². The molecule has 0 fully saturated rings. The van der Waals surface area contributed by atoms with Gasteiger partial charge in [0.2, 0.25) is 10.0 Å². The predicted molar refractivity (Wildman–Crippen MR) is 69.6 cm³/mol. The molecule has 0 spiro atoms. The van der Waals surface area contributed by atoms with Crippen molar-refractivity contribution in [1.29, 1.82) is 0 Å². The van der Waals surface area contributed by atoms with Crippen molar-refractivity contribution in [2.24, 2.45) is 0 Å². The Kier molecular flexibility index (Phi) is 6.42. The largest absolute Gasteiger partial charge is 0.249 e. The highest BCUT2D eigenvalue weighted by Gasteiger charge is 2.32. The molecule has 0 N–H and O–H groups in total. The van der Waals surface area contributed by atoms with Crippen LogP contribution in [0.2, 0.25) is 0 Å². The molecule has 3 nitrogen and oxygen atoms in total. The van der Waals surface area contributed by atoms with Crippen molar-refractivity contribution in [2.75, 3.05) is 6.54 Å². The molecule has 0 aliphatic carbocycles. The summed E-state index contributed by atoms with van der Waals surface area (Å²) < 4.78 is 52.2. The third-order valence-electron chi connectivity index (χ3n) is 2.23. The Hall–Kier alpha value is -1.01. The number of sulfonamides is 1. The molecule has 0 aliphatic heterocycles. The fraction of sp³-hybridized carbons (Fsp3) is 0.500. The van der Waals surface area contributed by atoms with E-state index < -0.39 is 32.6 Å². The van der Waals surface area contributed by atoms with Gasteiger partial charge in [-0.1, -0.05) is 19.6 Å². The number of hydrogen-bond acceptors (Lipinski definition) is 2. The van der Waals surface area contributed by atoms with E-state index in [-0.39, 0.29) is 6.54 Å². The molecular formula is C12H19F2NO2S. The molecule has 0 aromatic rings. The molecule has 0 aromatic carbocycles. The second-order valence-electron chi connectivity index (χ2n) is 3.88. The van der Waals surface area contributed by atoms with Gasteiger partial charge in [0.15, 0.2) is 4.91 Å². The van der Waals surface area contributed by atoms with Gasteiger partial charge in [-0.3, -0.25) is 0 Å². The molecule has 0 aromatic heterocycles. The molecule has 0 atom stereocenters. The summed E-state index contributed by atoms with van der Waals surface area (Å²) in [6.45, 7) is 9.39. The van der Waals surface area contributed by atoms with E-state index in [1.54, 1.807) is 20.8 Å². The number of allylic oxidation sites excluding steroid dienone is 4. The molecule has 0 rings (SSSR count). The fourth-order valence-corrected chi connectivity index (χ4v) is 3.27. The van der Waals surface area contributed by atoms with Crippen LogP contribution in [0.4, 0.5) is 8.78 Å². The smallest absolute Gasteiger partial charge is 0.207 e. The molecule has 0 saturated carbocycles. The summed E-state index contributed by atoms with van der Waals surface area (Å²) in [6.07, 6.45) is 2.19. The van der Waals surface area contributed by atoms with Crippen LogP contribution in [0.25, 0.3) is 0 Å². The SMILES string of the molecule is C=C(F)/C(=C(F)\C=C/C)S(=O)(=O)N(CC)C(C)C. The Balaban J connectivity index is 5.95. The van der Waals surface area contributed by atoms with Crippen molar-refractivity contribution in [3.05, 3.63) is 35.3 Å². The molecule has 0 amide bonds. The summed E-state index contributed by atoms with van der Waals surface area (Å²) in [5, 5.41) is 0. The van der Waals surface area contributed by atoms with Crippen molar-refractivity contribution in [3.8, 4) is 0 Å². The van der Waals surface area contributed by atoms with Gasteiger partial charge >= 0.3 is 0 Å². The lowest BCUT2D eigenvalue weighted by Crippen LogP contribution is -2.37. The van der Waals surface area contributed by atoms with E-state index in [1.807, 2.05) is 0 Å². The summed E-state index contributed by atoms with van der Waals surface area (Å²) >= 11 is 0. The second kappa shape index (κ2) is 6.80. The number of hydrogen-bond donors (Lipinski definition) is 0. The first kappa shape index (κ1) is 17.0. The summed E-state index contributed by atoms with van der Waals surface area (Å²) in [6, 6.07) is -0.396. The molecule has 0 radical (unpaired) electrons. The summed E-state index contributed by atoms with van der Waals surface area (Å²) in [5.41, 5.74) is 0. The van der Waals surface area contributed by atoms with E-state index in [2.05, 4.69) is 6.58 Å². The summed E-state index contributed by atoms with van der Waals surface area (Å²) in [4.78, 5) is -1.00. The lowest BCUT2D eigenvalue weighted by Gasteiger charge is -2.25. The minimum Gasteiger partial charge on any atom is -0.207 e. The zero-order chi connectivity index (χ0) is 14.5. The average Bonchev–Trinajstić information content (AvgIpc) is 2.15. The highest BCUT2D eigenvalue weighted by atomic mass is 32.2. The van der Waals surface area contributed by atoms with Crippen LogP contribution in [0.3, 0.4) is 0 Å². The van der Waals surface area contributed by atoms with Crippen LogP contribution in [0.5, 0.6) is 0 Å². The first-order valence-electron chi connectivity index (χ1n) is 5.59. The van der Waals surface area contributed by atoms with Crippen molar-refractivity contribution in [1.82, 2.24) is 4.31 Å². The van der Waals surface area contributed by atoms with E-state index >= 15 is 0 Å². The van der Waals surface area contributed by atoms with Crippen LogP contribution in [-0.2, 0) is 10.0 Å². The van der Waals surface area contributed by atoms with E-state index in [0.717, 1.165) is 10.4 Å². The highest BCUT2D eigenvalue weighted by molar-refractivity contribution is 7.93. The van der Waals surface area contributed by atoms with Crippen molar-refractivity contribution in [3.63, 3.8) is 0 Å². The monoisotopic (exact) mass is 279 g/mol. The minimum atomic E-state index is -4.22. The topological polar surface area (TPSA) is 37.4 Å². The quantitative estimate of drug-likeness (QED) is 0.700. The molecule has 0 bridgehead atoms. The highest BCUT2D eigenvalue weighted by Crippen LogP contribution is 2.27. The predicted octanol–water partition coefficient (Wildman–Crippen LogP) is 3.29. The van der Waals surface area contributed by atoms with Crippen molar-refractivity contribution in [2.45, 2.75) is 33.7 Å². The Morgan fingerprint density at radius 3 is 2.17 bits per heavy atom. The first-order valence-corrected chi connectivity index (χ1v) is 7.03. The molecule has 0 saturated heterocycles.